The first kappa shape index (κ1) is 64.3. The van der Waals surface area contributed by atoms with E-state index in [4.69, 9.17) is 43.7 Å². The number of unbranched alkanes of at least 4 members (excludes halogenated alkanes) is 1. The van der Waals surface area contributed by atoms with Crippen LogP contribution < -0.4 is 16.0 Å². The van der Waals surface area contributed by atoms with Crippen molar-refractivity contribution in [3.05, 3.63) is 29.8 Å². The maximum Gasteiger partial charge on any atom is 0.506 e. The smallest absolute Gasteiger partial charge is 0.450 e. The number of anilines is 1. The highest BCUT2D eigenvalue weighted by Gasteiger charge is 2.30. The molecule has 0 aliphatic heterocycles. The van der Waals surface area contributed by atoms with Gasteiger partial charge in [-0.3, -0.25) is 19.3 Å². The molecule has 24 heteroatoms. The fourth-order valence-corrected chi connectivity index (χ4v) is 6.39. The molecule has 12 N–H and O–H groups in total. The zero-order valence-corrected chi connectivity index (χ0v) is 41.2. The third kappa shape index (κ3) is 30.9. The summed E-state index contributed by atoms with van der Waals surface area (Å²) in [5.74, 6) is -0.606. The molecule has 0 radical (unpaired) electrons. The molecule has 24 nitrogen and oxygen atoms in total. The monoisotopic (exact) mass is 1010 g/mol. The number of hydrogen-bond donors (Lipinski definition) is 12. The molecule has 6 unspecified atom stereocenters. The van der Waals surface area contributed by atoms with Gasteiger partial charge in [-0.2, -0.15) is 0 Å². The Morgan fingerprint density at radius 1 is 0.671 bits per heavy atom. The van der Waals surface area contributed by atoms with Gasteiger partial charge in [0.1, 0.15) is 24.9 Å². The number of ether oxygens (including phenoxy) is 7. The van der Waals surface area contributed by atoms with Gasteiger partial charge in [0, 0.05) is 51.5 Å². The Morgan fingerprint density at radius 3 is 1.76 bits per heavy atom. The highest BCUT2D eigenvalue weighted by atomic mass is 16.7. The van der Waals surface area contributed by atoms with Gasteiger partial charge in [0.25, 0.3) is 0 Å². The first-order valence-electron chi connectivity index (χ1n) is 23.6. The van der Waals surface area contributed by atoms with E-state index in [0.29, 0.717) is 69.9 Å². The molecule has 1 aromatic carbocycles. The van der Waals surface area contributed by atoms with Crippen LogP contribution in [0.5, 0.6) is 0 Å². The Kier molecular flexibility index (Phi) is 34.1. The zero-order valence-electron chi connectivity index (χ0n) is 41.2. The summed E-state index contributed by atoms with van der Waals surface area (Å²) in [7, 11) is 0. The topological polar surface area (TPSA) is 354 Å². The minimum atomic E-state index is -1.58. The van der Waals surface area contributed by atoms with Crippen molar-refractivity contribution < 1.29 is 98.3 Å². The van der Waals surface area contributed by atoms with Crippen LogP contribution in [0.4, 0.5) is 10.5 Å². The first-order chi connectivity index (χ1) is 33.2. The van der Waals surface area contributed by atoms with E-state index < -0.39 is 79.1 Å². The number of aliphatic hydroxyl groups excluding tert-OH is 8. The molecule has 0 bridgehead atoms. The zero-order chi connectivity index (χ0) is 52.4. The Morgan fingerprint density at radius 2 is 1.21 bits per heavy atom. The molecule has 406 valence electrons. The molecule has 0 aromatic heterocycles. The lowest BCUT2D eigenvalue weighted by atomic mass is 10.0. The summed E-state index contributed by atoms with van der Waals surface area (Å²) in [6.07, 6.45) is -8.50. The number of nitrogens with zero attached hydrogens (tertiary/aromatic N) is 1. The average Bonchev–Trinajstić information content (AvgIpc) is 3.31. The van der Waals surface area contributed by atoms with E-state index in [9.17, 15) is 49.8 Å². The molecule has 1 rings (SSSR count). The van der Waals surface area contributed by atoms with E-state index in [-0.39, 0.29) is 91.1 Å². The van der Waals surface area contributed by atoms with Gasteiger partial charge in [-0.05, 0) is 77.5 Å². The van der Waals surface area contributed by atoms with Gasteiger partial charge in [0.05, 0.1) is 102 Å². The SMILES string of the molecule is CC(C)(COCCC(=O)NCCCC[C@H](NC=O)C(=O)Nc1ccc(COC(=O)O)cc1)OCC(C)(C)OCCOCCOCCOCCN(CC(O)C(O)C(O)CCO)CC(O)C(O)C(O)CCO. The number of aliphatic hydroxyl groups is 8. The van der Waals surface area contributed by atoms with Crippen molar-refractivity contribution in [2.24, 2.45) is 0 Å². The second-order valence-electron chi connectivity index (χ2n) is 17.8. The Bertz CT molecular complexity index is 1520. The molecule has 0 aliphatic carbocycles. The van der Waals surface area contributed by atoms with Crippen molar-refractivity contribution >= 4 is 30.1 Å². The minimum Gasteiger partial charge on any atom is -0.450 e. The van der Waals surface area contributed by atoms with Gasteiger partial charge < -0.3 is 95.1 Å². The molecular formula is C46H82N4O20. The fourth-order valence-electron chi connectivity index (χ4n) is 6.39. The molecule has 1 aromatic rings. The van der Waals surface area contributed by atoms with E-state index >= 15 is 0 Å². The van der Waals surface area contributed by atoms with Crippen molar-refractivity contribution in [3.63, 3.8) is 0 Å². The molecular weight excluding hydrogens is 929 g/mol. The standard InChI is InChI=1S/C46H82N4O20/c1-45(2,30-67-19-14-40(58)47-15-6-5-7-35(48-32-53)43(61)49-34-10-8-33(9-11-34)29-68-44(62)63)70-31-46(3,4)69-26-25-66-24-23-65-22-21-64-20-16-50(27-38(56)41(59)36(54)12-17-51)28-39(57)42(60)37(55)13-18-52/h8-11,32,35-39,41-42,51-52,54-57,59-60H,5-7,12-31H2,1-4H3,(H,47,58)(H,48,53)(H,49,61)(H,62,63)/t35-,36?,37?,38?,39?,41?,42?/m0/s1. The van der Waals surface area contributed by atoms with Gasteiger partial charge in [-0.1, -0.05) is 12.1 Å². The lowest BCUT2D eigenvalue weighted by molar-refractivity contribution is -0.146. The lowest BCUT2D eigenvalue weighted by Crippen LogP contribution is -2.50. The molecule has 0 spiro atoms. The maximum atomic E-state index is 12.7. The average molecular weight is 1010 g/mol. The number of carboxylic acid groups (broad SMARTS) is 1. The predicted octanol–water partition coefficient (Wildman–Crippen LogP) is -1.50. The van der Waals surface area contributed by atoms with Crippen LogP contribution in [0.25, 0.3) is 0 Å². The summed E-state index contributed by atoms with van der Waals surface area (Å²) in [6.45, 7) is 9.11. The number of nitrogens with one attached hydrogen (secondary N) is 3. The highest BCUT2D eigenvalue weighted by Crippen LogP contribution is 2.18. The fraction of sp³-hybridized carbons (Fsp3) is 0.783. The van der Waals surface area contributed by atoms with Crippen LogP contribution in [-0.2, 0) is 54.1 Å². The van der Waals surface area contributed by atoms with Crippen LogP contribution >= 0.6 is 0 Å². The van der Waals surface area contributed by atoms with Gasteiger partial charge in [-0.15, -0.1) is 0 Å². The minimum absolute atomic E-state index is 0.114. The van der Waals surface area contributed by atoms with Gasteiger partial charge in [0.2, 0.25) is 18.2 Å². The summed E-state index contributed by atoms with van der Waals surface area (Å²) in [6, 6.07) is 5.64. The summed E-state index contributed by atoms with van der Waals surface area (Å²) >= 11 is 0. The second kappa shape index (κ2) is 37.1. The molecule has 0 saturated carbocycles. The normalized spacial score (nSPS) is 15.1. The number of rotatable bonds is 44. The van der Waals surface area contributed by atoms with Crippen LogP contribution in [0.2, 0.25) is 0 Å². The van der Waals surface area contributed by atoms with Crippen LogP contribution in [0, 0.1) is 0 Å². The molecule has 0 fully saturated rings. The van der Waals surface area contributed by atoms with Crippen molar-refractivity contribution in [1.29, 1.82) is 0 Å². The Hall–Kier alpha value is -3.70. The Balaban J connectivity index is 2.23. The predicted molar refractivity (Wildman–Crippen MR) is 252 cm³/mol. The second-order valence-corrected chi connectivity index (χ2v) is 17.8. The molecule has 0 heterocycles. The van der Waals surface area contributed by atoms with Crippen molar-refractivity contribution in [2.45, 2.75) is 127 Å². The van der Waals surface area contributed by atoms with Gasteiger partial charge in [0.15, 0.2) is 0 Å². The van der Waals surface area contributed by atoms with Crippen molar-refractivity contribution in [2.75, 3.05) is 111 Å². The molecule has 0 aliphatic rings. The van der Waals surface area contributed by atoms with Gasteiger partial charge in [-0.25, -0.2) is 4.79 Å². The Labute approximate surface area is 410 Å². The van der Waals surface area contributed by atoms with Crippen molar-refractivity contribution in [3.8, 4) is 0 Å². The van der Waals surface area contributed by atoms with E-state index in [1.54, 1.807) is 24.3 Å². The number of benzene rings is 1. The number of carbonyl (C=O) groups excluding carboxylic acids is 3. The summed E-state index contributed by atoms with van der Waals surface area (Å²) < 4.78 is 39.0. The van der Waals surface area contributed by atoms with Crippen molar-refractivity contribution in [1.82, 2.24) is 15.5 Å². The van der Waals surface area contributed by atoms with E-state index in [2.05, 4.69) is 20.7 Å². The van der Waals surface area contributed by atoms with E-state index in [0.717, 1.165) is 0 Å². The van der Waals surface area contributed by atoms with E-state index in [1.165, 1.54) is 4.90 Å². The highest BCUT2D eigenvalue weighted by molar-refractivity contribution is 5.95. The third-order valence-electron chi connectivity index (χ3n) is 10.5. The molecule has 0 saturated heterocycles. The molecule has 3 amide bonds. The quantitative estimate of drug-likeness (QED) is 0.0201. The van der Waals surface area contributed by atoms with Gasteiger partial charge >= 0.3 is 6.16 Å². The van der Waals surface area contributed by atoms with Crippen LogP contribution in [0.1, 0.15) is 71.8 Å². The lowest BCUT2D eigenvalue weighted by Gasteiger charge is -2.32. The third-order valence-corrected chi connectivity index (χ3v) is 10.5. The van der Waals surface area contributed by atoms with Crippen LogP contribution in [0.3, 0.4) is 0 Å². The van der Waals surface area contributed by atoms with E-state index in [1.807, 2.05) is 27.7 Å². The molecule has 70 heavy (non-hydrogen) atoms. The first-order valence-corrected chi connectivity index (χ1v) is 23.6. The van der Waals surface area contributed by atoms with Crippen LogP contribution in [0.15, 0.2) is 24.3 Å². The number of hydrogen-bond acceptors (Lipinski definition) is 20. The largest absolute Gasteiger partial charge is 0.506 e. The summed E-state index contributed by atoms with van der Waals surface area (Å²) in [5, 5.41) is 96.0. The molecule has 7 atom stereocenters. The summed E-state index contributed by atoms with van der Waals surface area (Å²) in [4.78, 5) is 48.3. The summed E-state index contributed by atoms with van der Waals surface area (Å²) in [5.41, 5.74) is -0.227. The maximum absolute atomic E-state index is 12.7. The van der Waals surface area contributed by atoms with Crippen LogP contribution in [-0.4, -0.2) is 235 Å². The number of carbonyl (C=O) groups is 4. The number of amides is 3.